The summed E-state index contributed by atoms with van der Waals surface area (Å²) < 4.78 is 0. The lowest BCUT2D eigenvalue weighted by Gasteiger charge is -2.25. The standard InChI is InChI=1S/C10H21NO4/c1-4-5-9(2,14)6-11-7-10(3,15)8(12)13/h11,14-15H,4-7H2,1-3H3,(H,12,13). The van der Waals surface area contributed by atoms with E-state index in [9.17, 15) is 15.0 Å². The van der Waals surface area contributed by atoms with Crippen LogP contribution in [0.15, 0.2) is 0 Å². The summed E-state index contributed by atoms with van der Waals surface area (Å²) in [5, 5.41) is 30.5. The fourth-order valence-corrected chi connectivity index (χ4v) is 1.28. The summed E-state index contributed by atoms with van der Waals surface area (Å²) in [6.45, 7) is 5.05. The molecule has 15 heavy (non-hydrogen) atoms. The molecule has 0 fully saturated rings. The van der Waals surface area contributed by atoms with E-state index in [1.54, 1.807) is 6.92 Å². The minimum atomic E-state index is -1.79. The zero-order chi connectivity index (χ0) is 12.1. The highest BCUT2D eigenvalue weighted by Crippen LogP contribution is 2.10. The number of carbonyl (C=O) groups is 1. The zero-order valence-electron chi connectivity index (χ0n) is 9.58. The second-order valence-corrected chi connectivity index (χ2v) is 4.43. The first-order chi connectivity index (χ1) is 6.71. The Kier molecular flexibility index (Phi) is 5.20. The van der Waals surface area contributed by atoms with Crippen LogP contribution < -0.4 is 5.32 Å². The molecular formula is C10H21NO4. The molecule has 5 nitrogen and oxygen atoms in total. The maximum atomic E-state index is 10.5. The molecule has 2 unspecified atom stereocenters. The van der Waals surface area contributed by atoms with E-state index in [1.165, 1.54) is 6.92 Å². The van der Waals surface area contributed by atoms with E-state index < -0.39 is 17.2 Å². The number of hydrogen-bond acceptors (Lipinski definition) is 4. The summed E-state index contributed by atoms with van der Waals surface area (Å²) in [7, 11) is 0. The molecule has 0 aliphatic heterocycles. The Morgan fingerprint density at radius 2 is 1.80 bits per heavy atom. The first-order valence-corrected chi connectivity index (χ1v) is 5.10. The normalized spacial score (nSPS) is 19.3. The molecule has 2 atom stereocenters. The topological polar surface area (TPSA) is 89.8 Å². The molecule has 4 N–H and O–H groups in total. The molecule has 0 amide bonds. The number of carboxylic acid groups (broad SMARTS) is 1. The van der Waals surface area contributed by atoms with Crippen molar-refractivity contribution in [2.75, 3.05) is 13.1 Å². The van der Waals surface area contributed by atoms with E-state index in [0.29, 0.717) is 6.42 Å². The third-order valence-electron chi connectivity index (χ3n) is 2.22. The molecule has 0 aromatic carbocycles. The second-order valence-electron chi connectivity index (χ2n) is 4.43. The van der Waals surface area contributed by atoms with Gasteiger partial charge in [-0.15, -0.1) is 0 Å². The number of nitrogens with one attached hydrogen (secondary N) is 1. The quantitative estimate of drug-likeness (QED) is 0.482. The van der Waals surface area contributed by atoms with Gasteiger partial charge in [-0.1, -0.05) is 13.3 Å². The van der Waals surface area contributed by atoms with Gasteiger partial charge in [0.1, 0.15) is 0 Å². The Bertz CT molecular complexity index is 213. The summed E-state index contributed by atoms with van der Waals surface area (Å²) in [6, 6.07) is 0. The molecule has 0 aliphatic carbocycles. The van der Waals surface area contributed by atoms with Crippen LogP contribution in [0.5, 0.6) is 0 Å². The van der Waals surface area contributed by atoms with Gasteiger partial charge < -0.3 is 20.6 Å². The summed E-state index contributed by atoms with van der Waals surface area (Å²) in [4.78, 5) is 10.5. The van der Waals surface area contributed by atoms with Crippen molar-refractivity contribution in [2.45, 2.75) is 44.8 Å². The number of rotatable bonds is 7. The maximum absolute atomic E-state index is 10.5. The van der Waals surface area contributed by atoms with Gasteiger partial charge in [0.05, 0.1) is 5.60 Å². The van der Waals surface area contributed by atoms with Crippen molar-refractivity contribution < 1.29 is 20.1 Å². The summed E-state index contributed by atoms with van der Waals surface area (Å²) >= 11 is 0. The van der Waals surface area contributed by atoms with Crippen molar-refractivity contribution in [1.29, 1.82) is 0 Å². The van der Waals surface area contributed by atoms with Gasteiger partial charge in [-0.2, -0.15) is 0 Å². The van der Waals surface area contributed by atoms with E-state index in [4.69, 9.17) is 5.11 Å². The van der Waals surface area contributed by atoms with Crippen LogP contribution >= 0.6 is 0 Å². The Balaban J connectivity index is 3.93. The predicted molar refractivity (Wildman–Crippen MR) is 56.7 cm³/mol. The van der Waals surface area contributed by atoms with Gasteiger partial charge in [0.2, 0.25) is 0 Å². The van der Waals surface area contributed by atoms with Gasteiger partial charge >= 0.3 is 5.97 Å². The Hall–Kier alpha value is -0.650. The number of aliphatic carboxylic acids is 1. The van der Waals surface area contributed by atoms with Crippen LogP contribution in [-0.4, -0.2) is 45.6 Å². The Labute approximate surface area is 90.1 Å². The SMILES string of the molecule is CCCC(C)(O)CNCC(C)(O)C(=O)O. The van der Waals surface area contributed by atoms with Crippen LogP contribution in [0.3, 0.4) is 0 Å². The molecule has 0 radical (unpaired) electrons. The number of hydrogen-bond donors (Lipinski definition) is 4. The summed E-state index contributed by atoms with van der Waals surface area (Å²) in [6.07, 6.45) is 1.49. The van der Waals surface area contributed by atoms with Crippen LogP contribution in [0.25, 0.3) is 0 Å². The van der Waals surface area contributed by atoms with Crippen molar-refractivity contribution in [3.05, 3.63) is 0 Å². The molecular weight excluding hydrogens is 198 g/mol. The van der Waals surface area contributed by atoms with E-state index in [2.05, 4.69) is 5.32 Å². The Morgan fingerprint density at radius 1 is 1.27 bits per heavy atom. The third-order valence-corrected chi connectivity index (χ3v) is 2.22. The number of aliphatic hydroxyl groups is 2. The van der Waals surface area contributed by atoms with E-state index in [1.807, 2.05) is 6.92 Å². The second kappa shape index (κ2) is 5.44. The van der Waals surface area contributed by atoms with Crippen LogP contribution in [0.4, 0.5) is 0 Å². The van der Waals surface area contributed by atoms with Gasteiger partial charge in [-0.25, -0.2) is 4.79 Å². The first kappa shape index (κ1) is 14.3. The lowest BCUT2D eigenvalue weighted by Crippen LogP contribution is -2.48. The molecule has 0 aliphatic rings. The molecule has 0 spiro atoms. The first-order valence-electron chi connectivity index (χ1n) is 5.10. The molecule has 5 heteroatoms. The molecule has 0 aromatic heterocycles. The lowest BCUT2D eigenvalue weighted by atomic mass is 10.00. The average Bonchev–Trinajstić information content (AvgIpc) is 2.02. The van der Waals surface area contributed by atoms with E-state index in [-0.39, 0.29) is 13.1 Å². The van der Waals surface area contributed by atoms with Gasteiger partial charge in [-0.3, -0.25) is 0 Å². The third kappa shape index (κ3) is 5.71. The van der Waals surface area contributed by atoms with Crippen molar-refractivity contribution in [1.82, 2.24) is 5.32 Å². The summed E-state index contributed by atoms with van der Waals surface area (Å²) in [5.41, 5.74) is -2.65. The van der Waals surface area contributed by atoms with Crippen LogP contribution in [0, 0.1) is 0 Å². The maximum Gasteiger partial charge on any atom is 0.336 e. The van der Waals surface area contributed by atoms with Gasteiger partial charge in [0.15, 0.2) is 5.60 Å². The predicted octanol–water partition coefficient (Wildman–Crippen LogP) is -0.0373. The smallest absolute Gasteiger partial charge is 0.336 e. The van der Waals surface area contributed by atoms with Gasteiger partial charge in [-0.05, 0) is 20.3 Å². The monoisotopic (exact) mass is 219 g/mol. The van der Waals surface area contributed by atoms with Crippen LogP contribution in [-0.2, 0) is 4.79 Å². The van der Waals surface area contributed by atoms with E-state index >= 15 is 0 Å². The highest BCUT2D eigenvalue weighted by Gasteiger charge is 2.30. The highest BCUT2D eigenvalue weighted by atomic mass is 16.4. The molecule has 0 bridgehead atoms. The van der Waals surface area contributed by atoms with Crippen molar-refractivity contribution in [3.8, 4) is 0 Å². The van der Waals surface area contributed by atoms with Crippen LogP contribution in [0.1, 0.15) is 33.6 Å². The Morgan fingerprint density at radius 3 is 2.20 bits per heavy atom. The molecule has 90 valence electrons. The summed E-state index contributed by atoms with van der Waals surface area (Å²) in [5.74, 6) is -1.27. The highest BCUT2D eigenvalue weighted by molar-refractivity contribution is 5.76. The molecule has 0 saturated heterocycles. The van der Waals surface area contributed by atoms with Crippen LogP contribution in [0.2, 0.25) is 0 Å². The molecule has 0 saturated carbocycles. The lowest BCUT2D eigenvalue weighted by molar-refractivity contribution is -0.156. The van der Waals surface area contributed by atoms with Gasteiger partial charge in [0.25, 0.3) is 0 Å². The fraction of sp³-hybridized carbons (Fsp3) is 0.900. The molecule has 0 aromatic rings. The minimum Gasteiger partial charge on any atom is -0.479 e. The van der Waals surface area contributed by atoms with Crippen molar-refractivity contribution in [2.24, 2.45) is 0 Å². The molecule has 0 heterocycles. The zero-order valence-corrected chi connectivity index (χ0v) is 9.58. The fourth-order valence-electron chi connectivity index (χ4n) is 1.28. The van der Waals surface area contributed by atoms with Crippen molar-refractivity contribution >= 4 is 5.97 Å². The number of carboxylic acids is 1. The van der Waals surface area contributed by atoms with E-state index in [0.717, 1.165) is 6.42 Å². The van der Waals surface area contributed by atoms with Crippen molar-refractivity contribution in [3.63, 3.8) is 0 Å². The van der Waals surface area contributed by atoms with Gasteiger partial charge in [0, 0.05) is 13.1 Å². The largest absolute Gasteiger partial charge is 0.479 e. The molecule has 0 rings (SSSR count). The minimum absolute atomic E-state index is 0.0812. The average molecular weight is 219 g/mol.